The molecule has 0 aromatic carbocycles. The van der Waals surface area contributed by atoms with Crippen LogP contribution in [-0.4, -0.2) is 13.1 Å². The second kappa shape index (κ2) is 9.97. The standard InChI is InChI=1S/C12H23N3/c1-2-4-6-8-10-12-14-15-13-11-9-7-5-3-1/h13-15H,1-3,5,7-12H2. The van der Waals surface area contributed by atoms with Crippen LogP contribution < -0.4 is 16.4 Å². The van der Waals surface area contributed by atoms with E-state index in [0.29, 0.717) is 0 Å². The van der Waals surface area contributed by atoms with Gasteiger partial charge in [0.2, 0.25) is 0 Å². The molecule has 0 radical (unpaired) electrons. The van der Waals surface area contributed by atoms with Crippen molar-refractivity contribution in [2.45, 2.75) is 51.4 Å². The molecular weight excluding hydrogens is 186 g/mol. The first-order valence-corrected chi connectivity index (χ1v) is 6.16. The number of hydrogen-bond donors (Lipinski definition) is 3. The van der Waals surface area contributed by atoms with Crippen LogP contribution in [0.2, 0.25) is 0 Å². The predicted octanol–water partition coefficient (Wildman–Crippen LogP) is 1.72. The summed E-state index contributed by atoms with van der Waals surface area (Å²) in [7, 11) is 0. The van der Waals surface area contributed by atoms with Gasteiger partial charge in [0.1, 0.15) is 0 Å². The predicted molar refractivity (Wildman–Crippen MR) is 63.9 cm³/mol. The lowest BCUT2D eigenvalue weighted by atomic mass is 10.1. The molecule has 86 valence electrons. The van der Waals surface area contributed by atoms with Crippen LogP contribution in [0.25, 0.3) is 0 Å². The molecule has 1 aliphatic heterocycles. The maximum Gasteiger partial charge on any atom is 0.0122 e. The molecule has 1 rings (SSSR count). The van der Waals surface area contributed by atoms with Crippen molar-refractivity contribution in [2.24, 2.45) is 0 Å². The van der Waals surface area contributed by atoms with E-state index in [0.717, 1.165) is 32.4 Å². The van der Waals surface area contributed by atoms with E-state index in [4.69, 9.17) is 0 Å². The van der Waals surface area contributed by atoms with E-state index in [1.165, 1.54) is 32.1 Å². The first kappa shape index (κ1) is 12.5. The van der Waals surface area contributed by atoms with Gasteiger partial charge in [0.25, 0.3) is 0 Å². The highest BCUT2D eigenvalue weighted by atomic mass is 15.6. The van der Waals surface area contributed by atoms with Crippen molar-refractivity contribution in [1.29, 1.82) is 0 Å². The molecule has 1 aliphatic rings. The summed E-state index contributed by atoms with van der Waals surface area (Å²) >= 11 is 0. The molecule has 0 aromatic rings. The van der Waals surface area contributed by atoms with Crippen molar-refractivity contribution in [1.82, 2.24) is 16.4 Å². The molecule has 0 unspecified atom stereocenters. The van der Waals surface area contributed by atoms with E-state index >= 15 is 0 Å². The van der Waals surface area contributed by atoms with Gasteiger partial charge in [0, 0.05) is 25.9 Å². The zero-order valence-corrected chi connectivity index (χ0v) is 9.57. The van der Waals surface area contributed by atoms with Gasteiger partial charge in [-0.1, -0.05) is 19.3 Å². The summed E-state index contributed by atoms with van der Waals surface area (Å²) in [5.74, 6) is 6.46. The van der Waals surface area contributed by atoms with E-state index in [1.807, 2.05) is 0 Å². The number of hydrazine groups is 2. The van der Waals surface area contributed by atoms with Crippen LogP contribution in [0, 0.1) is 11.8 Å². The van der Waals surface area contributed by atoms with Gasteiger partial charge in [-0.3, -0.25) is 0 Å². The summed E-state index contributed by atoms with van der Waals surface area (Å²) < 4.78 is 0. The largest absolute Gasteiger partial charge is 0.244 e. The maximum absolute atomic E-state index is 3.24. The molecule has 0 atom stereocenters. The Morgan fingerprint density at radius 3 is 2.07 bits per heavy atom. The third-order valence-corrected chi connectivity index (χ3v) is 2.51. The van der Waals surface area contributed by atoms with Crippen molar-refractivity contribution >= 4 is 0 Å². The molecule has 3 N–H and O–H groups in total. The minimum absolute atomic E-state index is 0.974. The van der Waals surface area contributed by atoms with E-state index in [-0.39, 0.29) is 0 Å². The van der Waals surface area contributed by atoms with Crippen molar-refractivity contribution in [3.05, 3.63) is 0 Å². The van der Waals surface area contributed by atoms with Crippen molar-refractivity contribution in [3.63, 3.8) is 0 Å². The van der Waals surface area contributed by atoms with Crippen LogP contribution in [-0.2, 0) is 0 Å². The molecule has 0 spiro atoms. The average Bonchev–Trinajstić information content (AvgIpc) is 2.27. The van der Waals surface area contributed by atoms with Crippen LogP contribution in [0.15, 0.2) is 0 Å². The first-order chi connectivity index (χ1) is 7.50. The minimum atomic E-state index is 0.974. The molecule has 0 aliphatic carbocycles. The summed E-state index contributed by atoms with van der Waals surface area (Å²) in [6.45, 7) is 2.02. The Hall–Kier alpha value is -0.560. The smallest absolute Gasteiger partial charge is 0.0122 e. The van der Waals surface area contributed by atoms with Gasteiger partial charge in [0.05, 0.1) is 0 Å². The van der Waals surface area contributed by atoms with E-state index < -0.39 is 0 Å². The second-order valence-electron chi connectivity index (χ2n) is 3.95. The Balaban J connectivity index is 2.10. The summed E-state index contributed by atoms with van der Waals surface area (Å²) in [5.41, 5.74) is 9.29. The Morgan fingerprint density at radius 2 is 1.20 bits per heavy atom. The maximum atomic E-state index is 3.24. The van der Waals surface area contributed by atoms with Crippen molar-refractivity contribution < 1.29 is 0 Å². The lowest BCUT2D eigenvalue weighted by Crippen LogP contribution is -2.44. The Kier molecular flexibility index (Phi) is 8.32. The molecule has 3 nitrogen and oxygen atoms in total. The van der Waals surface area contributed by atoms with Crippen LogP contribution >= 0.6 is 0 Å². The Bertz CT molecular complexity index is 175. The van der Waals surface area contributed by atoms with Gasteiger partial charge in [-0.2, -0.15) is 5.53 Å². The molecule has 0 fully saturated rings. The van der Waals surface area contributed by atoms with E-state index in [1.54, 1.807) is 0 Å². The zero-order chi connectivity index (χ0) is 10.6. The zero-order valence-electron chi connectivity index (χ0n) is 9.57. The Labute approximate surface area is 93.3 Å². The molecule has 0 saturated heterocycles. The molecule has 3 heteroatoms. The molecular formula is C12H23N3. The minimum Gasteiger partial charge on any atom is -0.244 e. The Morgan fingerprint density at radius 1 is 0.600 bits per heavy atom. The fraction of sp³-hybridized carbons (Fsp3) is 0.833. The summed E-state index contributed by atoms with van der Waals surface area (Å²) in [6.07, 6.45) is 9.73. The fourth-order valence-electron chi connectivity index (χ4n) is 1.59. The van der Waals surface area contributed by atoms with Gasteiger partial charge >= 0.3 is 0 Å². The van der Waals surface area contributed by atoms with Gasteiger partial charge in [-0.05, 0) is 19.3 Å². The summed E-state index contributed by atoms with van der Waals surface area (Å²) in [5, 5.41) is 0. The van der Waals surface area contributed by atoms with Gasteiger partial charge < -0.3 is 0 Å². The van der Waals surface area contributed by atoms with Gasteiger partial charge in [0.15, 0.2) is 0 Å². The molecule has 0 aromatic heterocycles. The number of nitrogens with one attached hydrogen (secondary N) is 3. The first-order valence-electron chi connectivity index (χ1n) is 6.16. The molecule has 15 heavy (non-hydrogen) atoms. The highest BCUT2D eigenvalue weighted by Crippen LogP contribution is 2.04. The molecule has 0 amide bonds. The topological polar surface area (TPSA) is 36.1 Å². The normalized spacial score (nSPS) is 21.9. The third-order valence-electron chi connectivity index (χ3n) is 2.51. The highest BCUT2D eigenvalue weighted by molar-refractivity contribution is 4.98. The monoisotopic (exact) mass is 209 g/mol. The number of rotatable bonds is 0. The third kappa shape index (κ3) is 8.44. The molecule has 0 bridgehead atoms. The molecule has 1 heterocycles. The van der Waals surface area contributed by atoms with Crippen LogP contribution in [0.4, 0.5) is 0 Å². The molecule has 0 saturated carbocycles. The highest BCUT2D eigenvalue weighted by Gasteiger charge is 1.91. The van der Waals surface area contributed by atoms with Crippen LogP contribution in [0.1, 0.15) is 51.4 Å². The van der Waals surface area contributed by atoms with Crippen molar-refractivity contribution in [2.75, 3.05) is 13.1 Å². The fourth-order valence-corrected chi connectivity index (χ4v) is 1.59. The van der Waals surface area contributed by atoms with Crippen LogP contribution in [0.3, 0.4) is 0 Å². The lowest BCUT2D eigenvalue weighted by Gasteiger charge is -2.07. The van der Waals surface area contributed by atoms with E-state index in [9.17, 15) is 0 Å². The lowest BCUT2D eigenvalue weighted by molar-refractivity contribution is 0.421. The summed E-state index contributed by atoms with van der Waals surface area (Å²) in [6, 6.07) is 0. The van der Waals surface area contributed by atoms with Gasteiger partial charge in [-0.25, -0.2) is 10.9 Å². The van der Waals surface area contributed by atoms with E-state index in [2.05, 4.69) is 28.2 Å². The van der Waals surface area contributed by atoms with Crippen LogP contribution in [0.5, 0.6) is 0 Å². The number of hydrogen-bond acceptors (Lipinski definition) is 3. The second-order valence-corrected chi connectivity index (χ2v) is 3.95. The average molecular weight is 209 g/mol. The summed E-state index contributed by atoms with van der Waals surface area (Å²) in [4.78, 5) is 0. The quantitative estimate of drug-likeness (QED) is 0.532. The van der Waals surface area contributed by atoms with Gasteiger partial charge in [-0.15, -0.1) is 11.8 Å². The SMILES string of the molecule is C1#CCCCNNNCCCCCCC1. The van der Waals surface area contributed by atoms with Crippen molar-refractivity contribution in [3.8, 4) is 11.8 Å².